The van der Waals surface area contributed by atoms with Gasteiger partial charge >= 0.3 is 5.88 Å². The topological polar surface area (TPSA) is 76.6 Å². The molecule has 1 fully saturated rings. The van der Waals surface area contributed by atoms with Crippen LogP contribution in [-0.4, -0.2) is 28.3 Å². The van der Waals surface area contributed by atoms with Gasteiger partial charge in [-0.25, -0.2) is 0 Å². The zero-order chi connectivity index (χ0) is 16.2. The Kier molecular flexibility index (Phi) is 4.41. The molecule has 1 atom stereocenters. The van der Waals surface area contributed by atoms with Crippen molar-refractivity contribution in [2.75, 3.05) is 6.54 Å². The first-order chi connectivity index (χ1) is 11.1. The van der Waals surface area contributed by atoms with E-state index in [-0.39, 0.29) is 17.7 Å². The smallest absolute Gasteiger partial charge is 0.395 e. The first kappa shape index (κ1) is 15.3. The van der Waals surface area contributed by atoms with E-state index >= 15 is 0 Å². The third-order valence-corrected chi connectivity index (χ3v) is 4.18. The standard InChI is InChI=1S/C17H18N2O4/c20-17(15-9-10-16(23-15)19(21)22)18-11-5-4-8-14(18)12-13-6-2-1-3-7-13/h1-3,6-7,9-10,14H,4-5,8,11-12H2. The Morgan fingerprint density at radius 1 is 1.22 bits per heavy atom. The van der Waals surface area contributed by atoms with Crippen molar-refractivity contribution in [1.29, 1.82) is 0 Å². The number of nitrogens with zero attached hydrogens (tertiary/aromatic N) is 2. The molecule has 0 radical (unpaired) electrons. The van der Waals surface area contributed by atoms with Crippen LogP contribution in [-0.2, 0) is 6.42 Å². The molecular weight excluding hydrogens is 296 g/mol. The number of carbonyl (C=O) groups is 1. The van der Waals surface area contributed by atoms with Gasteiger partial charge < -0.3 is 9.32 Å². The molecule has 2 aromatic rings. The van der Waals surface area contributed by atoms with Crippen LogP contribution in [0.5, 0.6) is 0 Å². The molecule has 0 N–H and O–H groups in total. The lowest BCUT2D eigenvalue weighted by atomic mass is 9.95. The van der Waals surface area contributed by atoms with Crippen molar-refractivity contribution < 1.29 is 14.1 Å². The predicted octanol–water partition coefficient (Wildman–Crippen LogP) is 3.43. The fraction of sp³-hybridized carbons (Fsp3) is 0.353. The molecule has 1 aromatic carbocycles. The van der Waals surface area contributed by atoms with Crippen molar-refractivity contribution in [2.45, 2.75) is 31.7 Å². The summed E-state index contributed by atoms with van der Waals surface area (Å²) in [7, 11) is 0. The van der Waals surface area contributed by atoms with Crippen LogP contribution in [0.2, 0.25) is 0 Å². The highest BCUT2D eigenvalue weighted by molar-refractivity contribution is 5.92. The van der Waals surface area contributed by atoms with E-state index in [9.17, 15) is 14.9 Å². The number of furan rings is 1. The number of hydrogen-bond acceptors (Lipinski definition) is 4. The second kappa shape index (κ2) is 6.64. The predicted molar refractivity (Wildman–Crippen MR) is 84.2 cm³/mol. The van der Waals surface area contributed by atoms with Crippen molar-refractivity contribution in [1.82, 2.24) is 4.90 Å². The second-order valence-corrected chi connectivity index (χ2v) is 5.73. The van der Waals surface area contributed by atoms with Crippen molar-refractivity contribution in [2.24, 2.45) is 0 Å². The molecular formula is C17H18N2O4. The lowest BCUT2D eigenvalue weighted by Crippen LogP contribution is -2.44. The first-order valence-corrected chi connectivity index (χ1v) is 7.74. The van der Waals surface area contributed by atoms with Gasteiger partial charge in [0.15, 0.2) is 5.76 Å². The monoisotopic (exact) mass is 314 g/mol. The Bertz CT molecular complexity index is 696. The van der Waals surface area contributed by atoms with Gasteiger partial charge in [0, 0.05) is 12.6 Å². The van der Waals surface area contributed by atoms with Gasteiger partial charge in [0.1, 0.15) is 4.92 Å². The van der Waals surface area contributed by atoms with Crippen LogP contribution in [0.25, 0.3) is 0 Å². The summed E-state index contributed by atoms with van der Waals surface area (Å²) in [5.41, 5.74) is 1.18. The number of hydrogen-bond donors (Lipinski definition) is 0. The Balaban J connectivity index is 1.77. The summed E-state index contributed by atoms with van der Waals surface area (Å²) in [6, 6.07) is 12.8. The van der Waals surface area contributed by atoms with Gasteiger partial charge in [0.2, 0.25) is 0 Å². The maximum absolute atomic E-state index is 12.6. The average molecular weight is 314 g/mol. The summed E-state index contributed by atoms with van der Waals surface area (Å²) in [5, 5.41) is 10.7. The van der Waals surface area contributed by atoms with Crippen molar-refractivity contribution in [3.8, 4) is 0 Å². The van der Waals surface area contributed by atoms with Crippen LogP contribution in [0.3, 0.4) is 0 Å². The molecule has 0 bridgehead atoms. The van der Waals surface area contributed by atoms with Gasteiger partial charge in [0.05, 0.1) is 6.07 Å². The molecule has 1 aliphatic heterocycles. The summed E-state index contributed by atoms with van der Waals surface area (Å²) >= 11 is 0. The Labute approximate surface area is 133 Å². The SMILES string of the molecule is O=C(c1ccc([N+](=O)[O-])o1)N1CCCCC1Cc1ccccc1. The molecule has 1 unspecified atom stereocenters. The minimum absolute atomic E-state index is 0.0386. The zero-order valence-corrected chi connectivity index (χ0v) is 12.7. The molecule has 1 saturated heterocycles. The number of rotatable bonds is 4. The molecule has 0 saturated carbocycles. The molecule has 3 rings (SSSR count). The van der Waals surface area contributed by atoms with E-state index in [1.807, 2.05) is 18.2 Å². The molecule has 6 nitrogen and oxygen atoms in total. The van der Waals surface area contributed by atoms with E-state index in [1.54, 1.807) is 4.90 Å². The third-order valence-electron chi connectivity index (χ3n) is 4.18. The fourth-order valence-corrected chi connectivity index (χ4v) is 3.05. The number of likely N-dealkylation sites (tertiary alicyclic amines) is 1. The molecule has 6 heteroatoms. The zero-order valence-electron chi connectivity index (χ0n) is 12.7. The highest BCUT2D eigenvalue weighted by Gasteiger charge is 2.30. The third kappa shape index (κ3) is 3.41. The molecule has 1 aromatic heterocycles. The molecule has 1 amide bonds. The first-order valence-electron chi connectivity index (χ1n) is 7.74. The van der Waals surface area contributed by atoms with E-state index in [1.165, 1.54) is 17.7 Å². The quantitative estimate of drug-likeness (QED) is 0.640. The lowest BCUT2D eigenvalue weighted by Gasteiger charge is -2.35. The van der Waals surface area contributed by atoms with Gasteiger partial charge in [0.25, 0.3) is 5.91 Å². The number of benzene rings is 1. The highest BCUT2D eigenvalue weighted by Crippen LogP contribution is 2.25. The van der Waals surface area contributed by atoms with Gasteiger partial charge in [-0.3, -0.25) is 14.9 Å². The van der Waals surface area contributed by atoms with Crippen LogP contribution >= 0.6 is 0 Å². The summed E-state index contributed by atoms with van der Waals surface area (Å²) in [5.74, 6) is -0.625. The maximum atomic E-state index is 12.6. The van der Waals surface area contributed by atoms with Crippen molar-refractivity contribution in [3.63, 3.8) is 0 Å². The van der Waals surface area contributed by atoms with E-state index in [0.717, 1.165) is 25.7 Å². The maximum Gasteiger partial charge on any atom is 0.433 e. The summed E-state index contributed by atoms with van der Waals surface area (Å²) in [4.78, 5) is 24.5. The minimum atomic E-state index is -0.631. The molecule has 1 aliphatic rings. The molecule has 23 heavy (non-hydrogen) atoms. The largest absolute Gasteiger partial charge is 0.433 e. The van der Waals surface area contributed by atoms with Crippen molar-refractivity contribution in [3.05, 3.63) is 63.9 Å². The van der Waals surface area contributed by atoms with Crippen LogP contribution in [0.4, 0.5) is 5.88 Å². The number of carbonyl (C=O) groups excluding carboxylic acids is 1. The van der Waals surface area contributed by atoms with Crippen LogP contribution in [0.1, 0.15) is 35.4 Å². The van der Waals surface area contributed by atoms with Crippen LogP contribution < -0.4 is 0 Å². The Morgan fingerprint density at radius 2 is 2.00 bits per heavy atom. The summed E-state index contributed by atoms with van der Waals surface area (Å²) in [6.45, 7) is 0.658. The summed E-state index contributed by atoms with van der Waals surface area (Å²) < 4.78 is 5.07. The molecule has 0 spiro atoms. The van der Waals surface area contributed by atoms with Gasteiger partial charge in [-0.05, 0) is 37.3 Å². The van der Waals surface area contributed by atoms with Crippen LogP contribution in [0.15, 0.2) is 46.9 Å². The lowest BCUT2D eigenvalue weighted by molar-refractivity contribution is -0.402. The summed E-state index contributed by atoms with van der Waals surface area (Å²) in [6.07, 6.45) is 3.75. The van der Waals surface area contributed by atoms with E-state index in [0.29, 0.717) is 6.54 Å². The molecule has 0 aliphatic carbocycles. The van der Waals surface area contributed by atoms with E-state index < -0.39 is 10.8 Å². The number of nitro groups is 1. The second-order valence-electron chi connectivity index (χ2n) is 5.73. The normalized spacial score (nSPS) is 17.9. The Morgan fingerprint density at radius 3 is 2.70 bits per heavy atom. The van der Waals surface area contributed by atoms with Gasteiger partial charge in [-0.1, -0.05) is 30.3 Å². The van der Waals surface area contributed by atoms with Crippen molar-refractivity contribution >= 4 is 11.8 Å². The number of amides is 1. The van der Waals surface area contributed by atoms with E-state index in [2.05, 4.69) is 12.1 Å². The van der Waals surface area contributed by atoms with Gasteiger partial charge in [-0.2, -0.15) is 0 Å². The fourth-order valence-electron chi connectivity index (χ4n) is 3.05. The minimum Gasteiger partial charge on any atom is -0.395 e. The number of piperidine rings is 1. The highest BCUT2D eigenvalue weighted by atomic mass is 16.6. The Hall–Kier alpha value is -2.63. The van der Waals surface area contributed by atoms with E-state index in [4.69, 9.17) is 4.42 Å². The molecule has 120 valence electrons. The average Bonchev–Trinajstić information content (AvgIpc) is 3.06. The van der Waals surface area contributed by atoms with Gasteiger partial charge in [-0.15, -0.1) is 0 Å². The van der Waals surface area contributed by atoms with Crippen LogP contribution in [0, 0.1) is 10.1 Å². The molecule has 2 heterocycles.